The van der Waals surface area contributed by atoms with Crippen molar-refractivity contribution < 1.29 is 22.3 Å². The van der Waals surface area contributed by atoms with Gasteiger partial charge in [0.2, 0.25) is 10.0 Å². The van der Waals surface area contributed by atoms with Gasteiger partial charge in [0.15, 0.2) is 0 Å². The minimum Gasteiger partial charge on any atom is -0.465 e. The maximum absolute atomic E-state index is 13.4. The Morgan fingerprint density at radius 3 is 2.65 bits per heavy atom. The number of nitrogens with two attached hydrogens (primary N) is 1. The van der Waals surface area contributed by atoms with Gasteiger partial charge in [0.25, 0.3) is 0 Å². The van der Waals surface area contributed by atoms with E-state index in [-0.39, 0.29) is 29.6 Å². The predicted molar refractivity (Wildman–Crippen MR) is 82.9 cm³/mol. The Hall–Kier alpha value is -1.51. The zero-order chi connectivity index (χ0) is 17.4. The zero-order valence-corrected chi connectivity index (χ0v) is 14.2. The molecule has 0 bridgehead atoms. The smallest absolute Gasteiger partial charge is 0.339 e. The summed E-state index contributed by atoms with van der Waals surface area (Å²) in [7, 11) is -2.83. The van der Waals surface area contributed by atoms with Crippen molar-refractivity contribution >= 4 is 16.0 Å². The van der Waals surface area contributed by atoms with E-state index in [1.54, 1.807) is 0 Å². The summed E-state index contributed by atoms with van der Waals surface area (Å²) in [6, 6.07) is 2.88. The maximum Gasteiger partial charge on any atom is 0.339 e. The third-order valence-corrected chi connectivity index (χ3v) is 6.15. The van der Waals surface area contributed by atoms with Crippen LogP contribution < -0.4 is 5.73 Å². The Morgan fingerprint density at radius 1 is 1.43 bits per heavy atom. The van der Waals surface area contributed by atoms with Gasteiger partial charge in [-0.05, 0) is 30.0 Å². The van der Waals surface area contributed by atoms with Crippen LogP contribution in [0.5, 0.6) is 0 Å². The van der Waals surface area contributed by atoms with Gasteiger partial charge < -0.3 is 10.5 Å². The van der Waals surface area contributed by atoms with Gasteiger partial charge in [0, 0.05) is 19.1 Å². The third-order valence-electron chi connectivity index (χ3n) is 4.24. The molecule has 2 rings (SSSR count). The number of sulfonamides is 1. The van der Waals surface area contributed by atoms with Crippen LogP contribution >= 0.6 is 0 Å². The molecule has 1 atom stereocenters. The van der Waals surface area contributed by atoms with E-state index >= 15 is 0 Å². The molecular formula is C15H21FN2O4S. The van der Waals surface area contributed by atoms with Gasteiger partial charge in [-0.25, -0.2) is 17.6 Å². The van der Waals surface area contributed by atoms with Crippen LogP contribution in [0.1, 0.15) is 30.6 Å². The first-order valence-corrected chi connectivity index (χ1v) is 8.67. The Balaban J connectivity index is 2.47. The van der Waals surface area contributed by atoms with Crippen molar-refractivity contribution in [1.29, 1.82) is 0 Å². The molecule has 0 aromatic heterocycles. The van der Waals surface area contributed by atoms with E-state index in [4.69, 9.17) is 5.73 Å². The molecule has 2 N–H and O–H groups in total. The summed E-state index contributed by atoms with van der Waals surface area (Å²) >= 11 is 0. The minimum atomic E-state index is -3.95. The Labute approximate surface area is 135 Å². The van der Waals surface area contributed by atoms with Crippen molar-refractivity contribution in [3.05, 3.63) is 29.6 Å². The lowest BCUT2D eigenvalue weighted by atomic mass is 9.81. The second-order valence-electron chi connectivity index (χ2n) is 6.35. The minimum absolute atomic E-state index is 0.109. The molecular weight excluding hydrogens is 323 g/mol. The Kier molecular flexibility index (Phi) is 4.79. The van der Waals surface area contributed by atoms with Gasteiger partial charge in [-0.3, -0.25) is 0 Å². The molecule has 1 fully saturated rings. The zero-order valence-electron chi connectivity index (χ0n) is 13.4. The standard InChI is InChI=1S/C15H21FN2O4S/c1-15(2)9-18(7-6-13(15)17)23(20,21)12-5-4-10(16)8-11(12)14(19)22-3/h4-5,8,13H,6-7,9,17H2,1-3H3. The predicted octanol–water partition coefficient (Wildman–Crippen LogP) is 1.36. The molecule has 1 aliphatic heterocycles. The molecule has 0 aliphatic carbocycles. The Morgan fingerprint density at radius 2 is 2.09 bits per heavy atom. The molecule has 8 heteroatoms. The lowest BCUT2D eigenvalue weighted by Gasteiger charge is -2.41. The summed E-state index contributed by atoms with van der Waals surface area (Å²) in [4.78, 5) is 11.6. The SMILES string of the molecule is COC(=O)c1cc(F)ccc1S(=O)(=O)N1CCC(N)C(C)(C)C1. The highest BCUT2D eigenvalue weighted by atomic mass is 32.2. The summed E-state index contributed by atoms with van der Waals surface area (Å²) in [6.45, 7) is 4.27. The van der Waals surface area contributed by atoms with Crippen molar-refractivity contribution in [3.8, 4) is 0 Å². The topological polar surface area (TPSA) is 89.7 Å². The molecule has 1 saturated heterocycles. The van der Waals surface area contributed by atoms with Crippen LogP contribution in [0.4, 0.5) is 4.39 Å². The van der Waals surface area contributed by atoms with E-state index in [2.05, 4.69) is 4.74 Å². The van der Waals surface area contributed by atoms with Crippen molar-refractivity contribution in [3.63, 3.8) is 0 Å². The molecule has 6 nitrogen and oxygen atoms in total. The summed E-state index contributed by atoms with van der Waals surface area (Å²) in [5.41, 5.74) is 5.33. The molecule has 1 heterocycles. The Bertz CT molecular complexity index is 718. The van der Waals surface area contributed by atoms with Gasteiger partial charge >= 0.3 is 5.97 Å². The number of hydrogen-bond acceptors (Lipinski definition) is 5. The number of halogens is 1. The van der Waals surface area contributed by atoms with Crippen LogP contribution in [-0.4, -0.2) is 44.9 Å². The van der Waals surface area contributed by atoms with Crippen LogP contribution in [0, 0.1) is 11.2 Å². The van der Waals surface area contributed by atoms with E-state index in [0.717, 1.165) is 25.3 Å². The molecule has 0 amide bonds. The van der Waals surface area contributed by atoms with Crippen LogP contribution in [-0.2, 0) is 14.8 Å². The molecule has 1 aromatic rings. The second-order valence-corrected chi connectivity index (χ2v) is 8.26. The van der Waals surface area contributed by atoms with Crippen LogP contribution in [0.15, 0.2) is 23.1 Å². The maximum atomic E-state index is 13.4. The van der Waals surface area contributed by atoms with E-state index < -0.39 is 27.2 Å². The van der Waals surface area contributed by atoms with E-state index in [0.29, 0.717) is 6.42 Å². The van der Waals surface area contributed by atoms with Crippen LogP contribution in [0.3, 0.4) is 0 Å². The number of piperidine rings is 1. The van der Waals surface area contributed by atoms with Gasteiger partial charge in [0.1, 0.15) is 5.82 Å². The van der Waals surface area contributed by atoms with Crippen molar-refractivity contribution in [2.75, 3.05) is 20.2 Å². The quantitative estimate of drug-likeness (QED) is 0.836. The van der Waals surface area contributed by atoms with Gasteiger partial charge in [0.05, 0.1) is 17.6 Å². The normalized spacial score (nSPS) is 21.9. The first kappa shape index (κ1) is 17.8. The number of carbonyl (C=O) groups excluding carboxylic acids is 1. The summed E-state index contributed by atoms with van der Waals surface area (Å²) in [6.07, 6.45) is 0.515. The molecule has 23 heavy (non-hydrogen) atoms. The fraction of sp³-hybridized carbons (Fsp3) is 0.533. The molecule has 0 saturated carbocycles. The van der Waals surface area contributed by atoms with E-state index in [1.807, 2.05) is 13.8 Å². The second kappa shape index (κ2) is 6.18. The highest BCUT2D eigenvalue weighted by Crippen LogP contribution is 2.32. The highest BCUT2D eigenvalue weighted by Gasteiger charge is 2.40. The summed E-state index contributed by atoms with van der Waals surface area (Å²) < 4.78 is 45.0. The first-order chi connectivity index (χ1) is 10.6. The number of benzene rings is 1. The molecule has 128 valence electrons. The lowest BCUT2D eigenvalue weighted by molar-refractivity contribution is 0.0595. The lowest BCUT2D eigenvalue weighted by Crippen LogP contribution is -2.54. The van der Waals surface area contributed by atoms with Gasteiger partial charge in [-0.15, -0.1) is 0 Å². The number of hydrogen-bond donors (Lipinski definition) is 1. The van der Waals surface area contributed by atoms with E-state index in [9.17, 15) is 17.6 Å². The highest BCUT2D eigenvalue weighted by molar-refractivity contribution is 7.89. The number of esters is 1. The summed E-state index contributed by atoms with van der Waals surface area (Å²) in [5.74, 6) is -1.60. The van der Waals surface area contributed by atoms with Gasteiger partial charge in [-0.2, -0.15) is 4.31 Å². The largest absolute Gasteiger partial charge is 0.465 e. The third kappa shape index (κ3) is 3.39. The molecule has 1 unspecified atom stereocenters. The molecule has 1 aliphatic rings. The fourth-order valence-electron chi connectivity index (χ4n) is 2.67. The first-order valence-electron chi connectivity index (χ1n) is 7.23. The molecule has 0 radical (unpaired) electrons. The number of nitrogens with zero attached hydrogens (tertiary/aromatic N) is 1. The van der Waals surface area contributed by atoms with Crippen LogP contribution in [0.2, 0.25) is 0 Å². The van der Waals surface area contributed by atoms with Crippen molar-refractivity contribution in [2.45, 2.75) is 31.2 Å². The number of methoxy groups -OCH3 is 1. The summed E-state index contributed by atoms with van der Waals surface area (Å²) in [5, 5.41) is 0. The molecule has 1 aromatic carbocycles. The average molecular weight is 344 g/mol. The molecule has 0 spiro atoms. The monoisotopic (exact) mass is 344 g/mol. The van der Waals surface area contributed by atoms with Crippen LogP contribution in [0.25, 0.3) is 0 Å². The number of rotatable bonds is 3. The number of carbonyl (C=O) groups is 1. The van der Waals surface area contributed by atoms with Crippen molar-refractivity contribution in [2.24, 2.45) is 11.1 Å². The van der Waals surface area contributed by atoms with Crippen molar-refractivity contribution in [1.82, 2.24) is 4.31 Å². The average Bonchev–Trinajstić information content (AvgIpc) is 2.48. The van der Waals surface area contributed by atoms with Gasteiger partial charge in [-0.1, -0.05) is 13.8 Å². The van der Waals surface area contributed by atoms with E-state index in [1.165, 1.54) is 4.31 Å². The number of ether oxygens (including phenoxy) is 1. The fourth-order valence-corrected chi connectivity index (χ4v) is 4.45.